The monoisotopic (exact) mass is 196 g/mol. The Kier molecular flexibility index (Phi) is 3.80. The summed E-state index contributed by atoms with van der Waals surface area (Å²) in [4.78, 5) is 0. The fraction of sp³-hybridized carbons (Fsp3) is 0.200. The average Bonchev–Trinajstić information content (AvgIpc) is 2.11. The number of rotatable bonds is 3. The molecule has 1 aromatic rings. The first kappa shape index (κ1) is 10.1. The van der Waals surface area contributed by atoms with Crippen LogP contribution < -0.4 is 11.1 Å². The summed E-state index contributed by atoms with van der Waals surface area (Å²) in [6.07, 6.45) is 3.96. The van der Waals surface area contributed by atoms with E-state index in [1.54, 1.807) is 12.1 Å². The first-order valence-electron chi connectivity index (χ1n) is 4.10. The van der Waals surface area contributed by atoms with Crippen molar-refractivity contribution in [2.24, 2.45) is 0 Å². The SMILES string of the molecule is CNCC=Cc1cc(Cl)ccc1N. The van der Waals surface area contributed by atoms with Gasteiger partial charge in [0.25, 0.3) is 0 Å². The molecule has 0 aliphatic rings. The van der Waals surface area contributed by atoms with E-state index >= 15 is 0 Å². The van der Waals surface area contributed by atoms with Gasteiger partial charge in [0.05, 0.1) is 0 Å². The lowest BCUT2D eigenvalue weighted by molar-refractivity contribution is 0.922. The zero-order chi connectivity index (χ0) is 9.68. The smallest absolute Gasteiger partial charge is 0.0413 e. The highest BCUT2D eigenvalue weighted by Gasteiger charge is 1.94. The van der Waals surface area contributed by atoms with Gasteiger partial charge in [-0.05, 0) is 30.8 Å². The van der Waals surface area contributed by atoms with E-state index in [0.717, 1.165) is 17.8 Å². The number of halogens is 1. The van der Waals surface area contributed by atoms with Gasteiger partial charge >= 0.3 is 0 Å². The zero-order valence-electron chi connectivity index (χ0n) is 7.55. The average molecular weight is 197 g/mol. The molecule has 0 aliphatic carbocycles. The van der Waals surface area contributed by atoms with Gasteiger partial charge in [-0.15, -0.1) is 0 Å². The van der Waals surface area contributed by atoms with Crippen molar-refractivity contribution in [3.8, 4) is 0 Å². The zero-order valence-corrected chi connectivity index (χ0v) is 8.31. The number of hydrogen-bond donors (Lipinski definition) is 2. The number of nitrogens with one attached hydrogen (secondary N) is 1. The maximum Gasteiger partial charge on any atom is 0.0413 e. The first-order chi connectivity index (χ1) is 6.24. The molecule has 0 saturated carbocycles. The molecule has 0 bridgehead atoms. The van der Waals surface area contributed by atoms with Crippen LogP contribution in [0.15, 0.2) is 24.3 Å². The number of anilines is 1. The van der Waals surface area contributed by atoms with Crippen LogP contribution in [0, 0.1) is 0 Å². The molecular weight excluding hydrogens is 184 g/mol. The van der Waals surface area contributed by atoms with E-state index in [2.05, 4.69) is 5.32 Å². The van der Waals surface area contributed by atoms with Gasteiger partial charge in [-0.2, -0.15) is 0 Å². The number of benzene rings is 1. The molecule has 13 heavy (non-hydrogen) atoms. The Labute approximate surface area is 83.4 Å². The van der Waals surface area contributed by atoms with Crippen molar-refractivity contribution in [2.75, 3.05) is 19.3 Å². The summed E-state index contributed by atoms with van der Waals surface area (Å²) in [5.74, 6) is 0. The van der Waals surface area contributed by atoms with Gasteiger partial charge in [0.15, 0.2) is 0 Å². The highest BCUT2D eigenvalue weighted by Crippen LogP contribution is 2.18. The largest absolute Gasteiger partial charge is 0.398 e. The standard InChI is InChI=1S/C10H13ClN2/c1-13-6-2-3-8-7-9(11)4-5-10(8)12/h2-5,7,13H,6,12H2,1H3. The molecule has 0 aromatic heterocycles. The molecule has 1 aromatic carbocycles. The lowest BCUT2D eigenvalue weighted by Crippen LogP contribution is -2.03. The molecule has 0 saturated heterocycles. The molecule has 0 amide bonds. The van der Waals surface area contributed by atoms with Crippen molar-refractivity contribution in [1.82, 2.24) is 5.32 Å². The quantitative estimate of drug-likeness (QED) is 0.728. The number of likely N-dealkylation sites (N-methyl/N-ethyl adjacent to an activating group) is 1. The van der Waals surface area contributed by atoms with Gasteiger partial charge in [0, 0.05) is 17.3 Å². The van der Waals surface area contributed by atoms with Gasteiger partial charge in [0.1, 0.15) is 0 Å². The van der Waals surface area contributed by atoms with Crippen LogP contribution in [0.4, 0.5) is 5.69 Å². The third kappa shape index (κ3) is 3.09. The molecule has 0 atom stereocenters. The summed E-state index contributed by atoms with van der Waals surface area (Å²) in [5.41, 5.74) is 7.45. The van der Waals surface area contributed by atoms with Crippen LogP contribution in [0.2, 0.25) is 5.02 Å². The van der Waals surface area contributed by atoms with Crippen molar-refractivity contribution in [1.29, 1.82) is 0 Å². The predicted molar refractivity (Wildman–Crippen MR) is 58.8 cm³/mol. The minimum atomic E-state index is 0.707. The maximum absolute atomic E-state index is 5.82. The maximum atomic E-state index is 5.82. The molecule has 0 spiro atoms. The Balaban J connectivity index is 2.81. The Bertz CT molecular complexity index is 308. The highest BCUT2D eigenvalue weighted by atomic mass is 35.5. The van der Waals surface area contributed by atoms with E-state index in [9.17, 15) is 0 Å². The molecule has 0 unspecified atom stereocenters. The summed E-state index contributed by atoms with van der Waals surface area (Å²) >= 11 is 5.82. The third-order valence-corrected chi connectivity index (χ3v) is 1.90. The summed E-state index contributed by atoms with van der Waals surface area (Å²) in [6.45, 7) is 0.825. The molecule has 0 heterocycles. The minimum absolute atomic E-state index is 0.707. The normalized spacial score (nSPS) is 10.9. The summed E-state index contributed by atoms with van der Waals surface area (Å²) in [5, 5.41) is 3.72. The van der Waals surface area contributed by atoms with Gasteiger partial charge in [-0.1, -0.05) is 23.8 Å². The summed E-state index contributed by atoms with van der Waals surface area (Å²) in [7, 11) is 1.89. The third-order valence-electron chi connectivity index (χ3n) is 1.67. The Morgan fingerprint density at radius 2 is 2.31 bits per heavy atom. The van der Waals surface area contributed by atoms with Crippen molar-refractivity contribution >= 4 is 23.4 Å². The molecule has 0 aliphatic heterocycles. The Hall–Kier alpha value is -0.990. The second-order valence-electron chi connectivity index (χ2n) is 2.73. The molecule has 2 nitrogen and oxygen atoms in total. The summed E-state index contributed by atoms with van der Waals surface area (Å²) < 4.78 is 0. The van der Waals surface area contributed by atoms with Gasteiger partial charge in [0.2, 0.25) is 0 Å². The topological polar surface area (TPSA) is 38.0 Å². The van der Waals surface area contributed by atoms with Crippen LogP contribution >= 0.6 is 11.6 Å². The van der Waals surface area contributed by atoms with E-state index in [-0.39, 0.29) is 0 Å². The van der Waals surface area contributed by atoms with Crippen LogP contribution in [-0.4, -0.2) is 13.6 Å². The van der Waals surface area contributed by atoms with Crippen LogP contribution in [0.3, 0.4) is 0 Å². The number of nitrogen functional groups attached to an aromatic ring is 1. The van der Waals surface area contributed by atoms with Gasteiger partial charge in [-0.25, -0.2) is 0 Å². The lowest BCUT2D eigenvalue weighted by Gasteiger charge is -2.00. The molecular formula is C10H13ClN2. The molecule has 0 radical (unpaired) electrons. The number of nitrogens with two attached hydrogens (primary N) is 1. The highest BCUT2D eigenvalue weighted by molar-refractivity contribution is 6.30. The van der Waals surface area contributed by atoms with Gasteiger partial charge < -0.3 is 11.1 Å². The van der Waals surface area contributed by atoms with Crippen molar-refractivity contribution in [2.45, 2.75) is 0 Å². The van der Waals surface area contributed by atoms with Gasteiger partial charge in [-0.3, -0.25) is 0 Å². The fourth-order valence-corrected chi connectivity index (χ4v) is 1.17. The minimum Gasteiger partial charge on any atom is -0.398 e. The lowest BCUT2D eigenvalue weighted by atomic mass is 10.1. The van der Waals surface area contributed by atoms with Crippen LogP contribution in [0.1, 0.15) is 5.56 Å². The molecule has 3 N–H and O–H groups in total. The molecule has 0 fully saturated rings. The molecule has 3 heteroatoms. The molecule has 70 valence electrons. The second-order valence-corrected chi connectivity index (χ2v) is 3.17. The number of hydrogen-bond acceptors (Lipinski definition) is 2. The Morgan fingerprint density at radius 3 is 3.00 bits per heavy atom. The van der Waals surface area contributed by atoms with Crippen molar-refractivity contribution in [3.63, 3.8) is 0 Å². The first-order valence-corrected chi connectivity index (χ1v) is 4.48. The fourth-order valence-electron chi connectivity index (χ4n) is 0.994. The Morgan fingerprint density at radius 1 is 1.54 bits per heavy atom. The van der Waals surface area contributed by atoms with Crippen LogP contribution in [0.25, 0.3) is 6.08 Å². The van der Waals surface area contributed by atoms with Crippen molar-refractivity contribution in [3.05, 3.63) is 34.9 Å². The van der Waals surface area contributed by atoms with Crippen molar-refractivity contribution < 1.29 is 0 Å². The van der Waals surface area contributed by atoms with E-state index in [1.165, 1.54) is 0 Å². The second kappa shape index (κ2) is 4.90. The van der Waals surface area contributed by atoms with Crippen LogP contribution in [-0.2, 0) is 0 Å². The van der Waals surface area contributed by atoms with E-state index in [4.69, 9.17) is 17.3 Å². The van der Waals surface area contributed by atoms with E-state index in [1.807, 2.05) is 25.3 Å². The van der Waals surface area contributed by atoms with E-state index in [0.29, 0.717) is 5.02 Å². The molecule has 1 rings (SSSR count). The summed E-state index contributed by atoms with van der Waals surface area (Å²) in [6, 6.07) is 5.44. The van der Waals surface area contributed by atoms with E-state index < -0.39 is 0 Å². The predicted octanol–water partition coefficient (Wildman–Crippen LogP) is 2.15. The van der Waals surface area contributed by atoms with Crippen LogP contribution in [0.5, 0.6) is 0 Å².